The Bertz CT molecular complexity index is 1090. The van der Waals surface area contributed by atoms with Crippen molar-refractivity contribution in [3.8, 4) is 0 Å². The number of fused-ring (bicyclic) bond motifs is 1. The van der Waals surface area contributed by atoms with Crippen molar-refractivity contribution < 1.29 is 13.2 Å². The Morgan fingerprint density at radius 1 is 1.03 bits per heavy atom. The summed E-state index contributed by atoms with van der Waals surface area (Å²) in [5.74, 6) is 0.559. The highest BCUT2D eigenvalue weighted by Gasteiger charge is 2.29. The minimum atomic E-state index is -3.40. The highest BCUT2D eigenvalue weighted by atomic mass is 35.5. The zero-order valence-corrected chi connectivity index (χ0v) is 19.7. The van der Waals surface area contributed by atoms with Crippen LogP contribution >= 0.6 is 11.6 Å². The summed E-state index contributed by atoms with van der Waals surface area (Å²) in [4.78, 5) is 14.4. The summed E-state index contributed by atoms with van der Waals surface area (Å²) in [6, 6.07) is 11.7. The molecule has 0 atom stereocenters. The molecule has 0 radical (unpaired) electrons. The number of sulfonamides is 1. The number of benzene rings is 2. The van der Waals surface area contributed by atoms with Gasteiger partial charge >= 0.3 is 0 Å². The maximum absolute atomic E-state index is 12.8. The molecule has 2 aromatic carbocycles. The lowest BCUT2D eigenvalue weighted by atomic mass is 9.94. The highest BCUT2D eigenvalue weighted by molar-refractivity contribution is 7.89. The molecule has 0 saturated carbocycles. The minimum Gasteiger partial charge on any atom is -0.340 e. The van der Waals surface area contributed by atoms with Gasteiger partial charge in [0.05, 0.1) is 5.75 Å². The molecule has 0 aromatic heterocycles. The normalized spacial score (nSPS) is 19.1. The number of nitrogens with one attached hydrogen (secondary N) is 1. The summed E-state index contributed by atoms with van der Waals surface area (Å²) in [5, 5.41) is 6.12. The van der Waals surface area contributed by atoms with Crippen molar-refractivity contribution >= 4 is 44.4 Å². The third-order valence-corrected chi connectivity index (χ3v) is 8.35. The molecule has 8 heteroatoms. The van der Waals surface area contributed by atoms with Gasteiger partial charge in [0.15, 0.2) is 0 Å². The minimum absolute atomic E-state index is 0.0469. The number of hydrogen-bond acceptors (Lipinski definition) is 4. The average Bonchev–Trinajstić information content (AvgIpc) is 2.80. The number of nitrogens with zero attached hydrogens (tertiary/aromatic N) is 2. The van der Waals surface area contributed by atoms with Gasteiger partial charge in [-0.25, -0.2) is 8.42 Å². The lowest BCUT2D eigenvalue weighted by Crippen LogP contribution is -2.51. The molecule has 1 N–H and O–H groups in total. The summed E-state index contributed by atoms with van der Waals surface area (Å²) in [7, 11) is -3.40. The molecule has 0 bridgehead atoms. The van der Waals surface area contributed by atoms with Crippen LogP contribution in [0.3, 0.4) is 0 Å². The Hall–Kier alpha value is -1.93. The third-order valence-electron chi connectivity index (χ3n) is 6.35. The molecule has 2 saturated heterocycles. The first-order valence-electron chi connectivity index (χ1n) is 11.2. The van der Waals surface area contributed by atoms with Crippen LogP contribution < -0.4 is 5.32 Å². The smallest absolute Gasteiger partial charge is 0.222 e. The number of amides is 1. The van der Waals surface area contributed by atoms with E-state index in [0.29, 0.717) is 43.5 Å². The van der Waals surface area contributed by atoms with Crippen molar-refractivity contribution in [3.63, 3.8) is 0 Å². The Balaban J connectivity index is 1.28. The van der Waals surface area contributed by atoms with Crippen LogP contribution in [0.2, 0.25) is 5.02 Å². The van der Waals surface area contributed by atoms with E-state index in [-0.39, 0.29) is 11.7 Å². The topological polar surface area (TPSA) is 69.7 Å². The molecule has 2 heterocycles. The monoisotopic (exact) mass is 475 g/mol. The molecule has 0 unspecified atom stereocenters. The summed E-state index contributed by atoms with van der Waals surface area (Å²) in [5.41, 5.74) is 0.948. The molecule has 1 amide bonds. The van der Waals surface area contributed by atoms with Crippen molar-refractivity contribution in [1.29, 1.82) is 0 Å². The molecule has 2 fully saturated rings. The fourth-order valence-electron chi connectivity index (χ4n) is 4.43. The zero-order chi connectivity index (χ0) is 22.6. The number of halogens is 1. The molecule has 2 aromatic rings. The molecule has 6 nitrogen and oxygen atoms in total. The van der Waals surface area contributed by atoms with E-state index in [1.807, 2.05) is 47.4 Å². The standard InChI is InChI=1S/C24H30ClN3O3S/c25-23-6-5-21-16-19(3-4-22(21)18-23)2-1-15-32(30,31)28-13-11-27(12-14-28)24(29)17-20-7-9-26-10-8-20/h1-6,16,18,20,26H,7-15,17H2. The van der Waals surface area contributed by atoms with E-state index in [0.717, 1.165) is 42.3 Å². The van der Waals surface area contributed by atoms with Gasteiger partial charge in [-0.05, 0) is 66.4 Å². The van der Waals surface area contributed by atoms with Gasteiger partial charge in [0.25, 0.3) is 0 Å². The molecule has 0 spiro atoms. The predicted molar refractivity (Wildman–Crippen MR) is 130 cm³/mol. The Morgan fingerprint density at radius 3 is 2.47 bits per heavy atom. The molecule has 172 valence electrons. The van der Waals surface area contributed by atoms with Gasteiger partial charge < -0.3 is 10.2 Å². The lowest BCUT2D eigenvalue weighted by molar-refractivity contribution is -0.133. The van der Waals surface area contributed by atoms with Gasteiger partial charge in [-0.1, -0.05) is 42.0 Å². The van der Waals surface area contributed by atoms with E-state index in [1.54, 1.807) is 6.08 Å². The summed E-state index contributed by atoms with van der Waals surface area (Å²) in [6.07, 6.45) is 6.19. The lowest BCUT2D eigenvalue weighted by Gasteiger charge is -2.35. The summed E-state index contributed by atoms with van der Waals surface area (Å²) in [6.45, 7) is 3.63. The molecule has 2 aliphatic rings. The van der Waals surface area contributed by atoms with Crippen LogP contribution in [0.15, 0.2) is 42.5 Å². The van der Waals surface area contributed by atoms with Crippen molar-refractivity contribution in [2.75, 3.05) is 45.0 Å². The average molecular weight is 476 g/mol. The van der Waals surface area contributed by atoms with E-state index >= 15 is 0 Å². The van der Waals surface area contributed by atoms with Gasteiger partial charge in [0, 0.05) is 37.6 Å². The summed E-state index contributed by atoms with van der Waals surface area (Å²) >= 11 is 6.03. The largest absolute Gasteiger partial charge is 0.340 e. The van der Waals surface area contributed by atoms with Gasteiger partial charge in [-0.15, -0.1) is 0 Å². The van der Waals surface area contributed by atoms with Crippen LogP contribution in [-0.2, 0) is 14.8 Å². The Labute approximate surface area is 195 Å². The van der Waals surface area contributed by atoms with Crippen LogP contribution in [0.25, 0.3) is 16.8 Å². The van der Waals surface area contributed by atoms with Crippen LogP contribution in [0.4, 0.5) is 0 Å². The number of piperazine rings is 1. The number of rotatable bonds is 6. The first-order valence-corrected chi connectivity index (χ1v) is 13.2. The van der Waals surface area contributed by atoms with E-state index in [2.05, 4.69) is 5.32 Å². The quantitative estimate of drug-likeness (QED) is 0.695. The SMILES string of the molecule is O=C(CC1CCNCC1)N1CCN(S(=O)(=O)CC=Cc2ccc3cc(Cl)ccc3c2)CC1. The van der Waals surface area contributed by atoms with E-state index in [1.165, 1.54) is 4.31 Å². The van der Waals surface area contributed by atoms with Crippen LogP contribution in [-0.4, -0.2) is 68.6 Å². The number of piperidine rings is 1. The van der Waals surface area contributed by atoms with Crippen molar-refractivity contribution in [2.24, 2.45) is 5.92 Å². The van der Waals surface area contributed by atoms with E-state index in [9.17, 15) is 13.2 Å². The van der Waals surface area contributed by atoms with Crippen molar-refractivity contribution in [3.05, 3.63) is 53.1 Å². The second-order valence-electron chi connectivity index (χ2n) is 8.61. The maximum atomic E-state index is 12.8. The highest BCUT2D eigenvalue weighted by Crippen LogP contribution is 2.22. The number of carbonyl (C=O) groups is 1. The van der Waals surface area contributed by atoms with Gasteiger partial charge in [-0.3, -0.25) is 4.79 Å². The molecule has 2 aliphatic heterocycles. The van der Waals surface area contributed by atoms with E-state index < -0.39 is 10.0 Å². The molecular weight excluding hydrogens is 446 g/mol. The Morgan fingerprint density at radius 2 is 1.72 bits per heavy atom. The second-order valence-corrected chi connectivity index (χ2v) is 11.1. The zero-order valence-electron chi connectivity index (χ0n) is 18.2. The second kappa shape index (κ2) is 10.3. The summed E-state index contributed by atoms with van der Waals surface area (Å²) < 4.78 is 27.0. The molecule has 4 rings (SSSR count). The first-order chi connectivity index (χ1) is 15.4. The Kier molecular flexibility index (Phi) is 7.51. The fourth-order valence-corrected chi connectivity index (χ4v) is 5.88. The molecular formula is C24H30ClN3O3S. The van der Waals surface area contributed by atoms with Gasteiger partial charge in [0.1, 0.15) is 0 Å². The predicted octanol–water partition coefficient (Wildman–Crippen LogP) is 3.37. The first kappa shape index (κ1) is 23.2. The van der Waals surface area contributed by atoms with Crippen molar-refractivity contribution in [1.82, 2.24) is 14.5 Å². The number of carbonyl (C=O) groups excluding carboxylic acids is 1. The maximum Gasteiger partial charge on any atom is 0.222 e. The van der Waals surface area contributed by atoms with Gasteiger partial charge in [-0.2, -0.15) is 4.31 Å². The van der Waals surface area contributed by atoms with Crippen LogP contribution in [0.5, 0.6) is 0 Å². The fraction of sp³-hybridized carbons (Fsp3) is 0.458. The third kappa shape index (κ3) is 5.90. The number of hydrogen-bond donors (Lipinski definition) is 1. The molecule has 32 heavy (non-hydrogen) atoms. The van der Waals surface area contributed by atoms with Gasteiger partial charge in [0.2, 0.25) is 15.9 Å². The van der Waals surface area contributed by atoms with Crippen LogP contribution in [0, 0.1) is 5.92 Å². The van der Waals surface area contributed by atoms with Crippen molar-refractivity contribution in [2.45, 2.75) is 19.3 Å². The van der Waals surface area contributed by atoms with Crippen LogP contribution in [0.1, 0.15) is 24.8 Å². The molecule has 0 aliphatic carbocycles. The van der Waals surface area contributed by atoms with E-state index in [4.69, 9.17) is 11.6 Å².